The van der Waals surface area contributed by atoms with Gasteiger partial charge in [-0.2, -0.15) is 0 Å². The van der Waals surface area contributed by atoms with Gasteiger partial charge in [0.15, 0.2) is 0 Å². The molecule has 0 aliphatic heterocycles. The highest BCUT2D eigenvalue weighted by molar-refractivity contribution is 6.39. The van der Waals surface area contributed by atoms with Gasteiger partial charge in [0.05, 0.1) is 10.0 Å². The van der Waals surface area contributed by atoms with Crippen molar-refractivity contribution in [3.8, 4) is 11.3 Å². The maximum atomic E-state index is 12.7. The molecule has 2 aromatic carbocycles. The number of hydrogen-bond acceptors (Lipinski definition) is 4. The molecule has 0 unspecified atom stereocenters. The first-order chi connectivity index (χ1) is 12.4. The fourth-order valence-corrected chi connectivity index (χ4v) is 3.10. The van der Waals surface area contributed by atoms with Crippen molar-refractivity contribution in [2.24, 2.45) is 0 Å². The summed E-state index contributed by atoms with van der Waals surface area (Å²) in [6, 6.07) is 11.5. The minimum absolute atomic E-state index is 0.0801. The SMILES string of the molecule is Cc1onc(-c2c(Cl)cccc2Cl)c1C(=O)NC(=N)c1ccc(Cl)cc1. The fourth-order valence-electron chi connectivity index (χ4n) is 2.40. The van der Waals surface area contributed by atoms with Crippen LogP contribution in [0.4, 0.5) is 0 Å². The van der Waals surface area contributed by atoms with Crippen LogP contribution < -0.4 is 5.32 Å². The summed E-state index contributed by atoms with van der Waals surface area (Å²) in [6.45, 7) is 1.60. The summed E-state index contributed by atoms with van der Waals surface area (Å²) in [6.07, 6.45) is 0. The maximum Gasteiger partial charge on any atom is 0.262 e. The minimum atomic E-state index is -0.547. The Morgan fingerprint density at radius 1 is 1.08 bits per heavy atom. The average Bonchev–Trinajstić information content (AvgIpc) is 2.96. The summed E-state index contributed by atoms with van der Waals surface area (Å²) in [7, 11) is 0. The molecule has 2 N–H and O–H groups in total. The lowest BCUT2D eigenvalue weighted by Crippen LogP contribution is -2.31. The minimum Gasteiger partial charge on any atom is -0.360 e. The number of hydrogen-bond donors (Lipinski definition) is 2. The third-order valence-corrected chi connectivity index (χ3v) is 4.54. The van der Waals surface area contributed by atoms with E-state index in [2.05, 4.69) is 10.5 Å². The van der Waals surface area contributed by atoms with Crippen LogP contribution in [0.2, 0.25) is 15.1 Å². The smallest absolute Gasteiger partial charge is 0.262 e. The van der Waals surface area contributed by atoms with Gasteiger partial charge in [0.25, 0.3) is 5.91 Å². The molecule has 1 heterocycles. The predicted molar refractivity (Wildman–Crippen MR) is 102 cm³/mol. The van der Waals surface area contributed by atoms with Crippen LogP contribution in [0, 0.1) is 12.3 Å². The van der Waals surface area contributed by atoms with Crippen molar-refractivity contribution in [2.75, 3.05) is 0 Å². The molecule has 0 fully saturated rings. The predicted octanol–water partition coefficient (Wildman–Crippen LogP) is 5.37. The first kappa shape index (κ1) is 18.5. The molecule has 0 aliphatic rings. The first-order valence-corrected chi connectivity index (χ1v) is 8.58. The molecule has 5 nitrogen and oxygen atoms in total. The molecule has 0 radical (unpaired) electrons. The van der Waals surface area contributed by atoms with E-state index in [1.165, 1.54) is 0 Å². The Morgan fingerprint density at radius 2 is 1.69 bits per heavy atom. The molecule has 8 heteroatoms. The zero-order chi connectivity index (χ0) is 18.8. The van der Waals surface area contributed by atoms with E-state index in [-0.39, 0.29) is 22.9 Å². The zero-order valence-electron chi connectivity index (χ0n) is 13.4. The van der Waals surface area contributed by atoms with Gasteiger partial charge in [-0.25, -0.2) is 0 Å². The molecule has 3 rings (SSSR count). The van der Waals surface area contributed by atoms with Gasteiger partial charge in [0.2, 0.25) is 0 Å². The second-order valence-corrected chi connectivity index (χ2v) is 6.65. The molecule has 132 valence electrons. The molecule has 26 heavy (non-hydrogen) atoms. The number of carbonyl (C=O) groups is 1. The molecular weight excluding hydrogens is 397 g/mol. The summed E-state index contributed by atoms with van der Waals surface area (Å²) in [5, 5.41) is 15.8. The van der Waals surface area contributed by atoms with Crippen molar-refractivity contribution >= 4 is 46.5 Å². The first-order valence-electron chi connectivity index (χ1n) is 7.45. The van der Waals surface area contributed by atoms with Gasteiger partial charge in [0, 0.05) is 16.1 Å². The number of carbonyl (C=O) groups excluding carboxylic acids is 1. The van der Waals surface area contributed by atoms with Crippen molar-refractivity contribution in [1.29, 1.82) is 5.41 Å². The third-order valence-electron chi connectivity index (χ3n) is 3.66. The van der Waals surface area contributed by atoms with E-state index >= 15 is 0 Å². The molecule has 0 spiro atoms. The number of amidine groups is 1. The summed E-state index contributed by atoms with van der Waals surface area (Å²) < 4.78 is 5.17. The Bertz CT molecular complexity index is 977. The third kappa shape index (κ3) is 3.60. The summed E-state index contributed by atoms with van der Waals surface area (Å²) >= 11 is 18.3. The van der Waals surface area contributed by atoms with E-state index in [1.54, 1.807) is 49.4 Å². The van der Waals surface area contributed by atoms with Crippen LogP contribution in [0.25, 0.3) is 11.3 Å². The molecule has 1 amide bonds. The molecule has 0 saturated carbocycles. The highest BCUT2D eigenvalue weighted by Crippen LogP contribution is 2.36. The van der Waals surface area contributed by atoms with Crippen LogP contribution in [-0.4, -0.2) is 16.9 Å². The Morgan fingerprint density at radius 3 is 2.31 bits per heavy atom. The van der Waals surface area contributed by atoms with E-state index in [0.717, 1.165) is 0 Å². The van der Waals surface area contributed by atoms with E-state index in [4.69, 9.17) is 44.7 Å². The van der Waals surface area contributed by atoms with Crippen molar-refractivity contribution in [1.82, 2.24) is 10.5 Å². The van der Waals surface area contributed by atoms with Crippen molar-refractivity contribution in [3.63, 3.8) is 0 Å². The lowest BCUT2D eigenvalue weighted by atomic mass is 10.1. The van der Waals surface area contributed by atoms with Crippen LogP contribution in [0.5, 0.6) is 0 Å². The molecular formula is C18H12Cl3N3O2. The topological polar surface area (TPSA) is 79.0 Å². The standard InChI is InChI=1S/C18H12Cl3N3O2/c1-9-14(16(24-26-9)15-12(20)3-2-4-13(15)21)18(25)23-17(22)10-5-7-11(19)8-6-10/h2-8H,1H3,(H2,22,23,25). The number of benzene rings is 2. The van der Waals surface area contributed by atoms with Gasteiger partial charge in [-0.3, -0.25) is 10.2 Å². The van der Waals surface area contributed by atoms with Crippen LogP contribution >= 0.6 is 34.8 Å². The summed E-state index contributed by atoms with van der Waals surface area (Å²) in [5.41, 5.74) is 1.29. The van der Waals surface area contributed by atoms with Crippen LogP contribution in [0.1, 0.15) is 21.7 Å². The number of nitrogens with zero attached hydrogens (tertiary/aromatic N) is 1. The summed E-state index contributed by atoms with van der Waals surface area (Å²) in [4.78, 5) is 12.7. The van der Waals surface area contributed by atoms with Gasteiger partial charge in [0.1, 0.15) is 22.9 Å². The fraction of sp³-hybridized carbons (Fsp3) is 0.0556. The average molecular weight is 409 g/mol. The van der Waals surface area contributed by atoms with E-state index < -0.39 is 5.91 Å². The number of nitrogens with one attached hydrogen (secondary N) is 2. The number of amides is 1. The van der Waals surface area contributed by atoms with Gasteiger partial charge in [-0.05, 0) is 43.3 Å². The van der Waals surface area contributed by atoms with Gasteiger partial charge >= 0.3 is 0 Å². The quantitative estimate of drug-likeness (QED) is 0.452. The van der Waals surface area contributed by atoms with E-state index in [0.29, 0.717) is 26.2 Å². The number of halogens is 3. The Labute approximate surface area is 164 Å². The van der Waals surface area contributed by atoms with Crippen LogP contribution in [0.3, 0.4) is 0 Å². The molecule has 0 aliphatic carbocycles. The highest BCUT2D eigenvalue weighted by Gasteiger charge is 2.25. The van der Waals surface area contributed by atoms with E-state index in [9.17, 15) is 4.79 Å². The van der Waals surface area contributed by atoms with E-state index in [1.807, 2.05) is 0 Å². The second kappa shape index (κ2) is 7.50. The largest absolute Gasteiger partial charge is 0.360 e. The molecule has 0 bridgehead atoms. The van der Waals surface area contributed by atoms with Gasteiger partial charge in [-0.15, -0.1) is 0 Å². The normalized spacial score (nSPS) is 10.6. The van der Waals surface area contributed by atoms with Crippen LogP contribution in [-0.2, 0) is 0 Å². The Hall–Kier alpha value is -2.34. The monoisotopic (exact) mass is 407 g/mol. The number of aromatic nitrogens is 1. The molecule has 1 aromatic heterocycles. The number of aryl methyl sites for hydroxylation is 1. The second-order valence-electron chi connectivity index (χ2n) is 5.40. The van der Waals surface area contributed by atoms with Gasteiger partial charge in [-0.1, -0.05) is 46.0 Å². The van der Waals surface area contributed by atoms with Crippen molar-refractivity contribution in [3.05, 3.63) is 74.4 Å². The zero-order valence-corrected chi connectivity index (χ0v) is 15.7. The Balaban J connectivity index is 1.95. The van der Waals surface area contributed by atoms with Crippen molar-refractivity contribution < 1.29 is 9.32 Å². The molecule has 3 aromatic rings. The summed E-state index contributed by atoms with van der Waals surface area (Å²) in [5.74, 6) is -0.337. The number of rotatable bonds is 3. The van der Waals surface area contributed by atoms with Crippen LogP contribution in [0.15, 0.2) is 47.0 Å². The Kier molecular flexibility index (Phi) is 5.32. The van der Waals surface area contributed by atoms with Gasteiger partial charge < -0.3 is 9.84 Å². The maximum absolute atomic E-state index is 12.7. The molecule has 0 atom stereocenters. The molecule has 0 saturated heterocycles. The highest BCUT2D eigenvalue weighted by atomic mass is 35.5. The lowest BCUT2D eigenvalue weighted by Gasteiger charge is -2.09. The van der Waals surface area contributed by atoms with Crippen molar-refractivity contribution in [2.45, 2.75) is 6.92 Å². The lowest BCUT2D eigenvalue weighted by molar-refractivity contribution is 0.0976.